The van der Waals surface area contributed by atoms with E-state index in [0.717, 1.165) is 5.56 Å². The van der Waals surface area contributed by atoms with Crippen LogP contribution in [0.15, 0.2) is 41.3 Å². The molecule has 29 heavy (non-hydrogen) atoms. The molecule has 156 valence electrons. The van der Waals surface area contributed by atoms with Crippen LogP contribution >= 0.6 is 23.2 Å². The lowest BCUT2D eigenvalue weighted by Crippen LogP contribution is -2.41. The van der Waals surface area contributed by atoms with Crippen LogP contribution in [0.5, 0.6) is 5.75 Å². The van der Waals surface area contributed by atoms with Gasteiger partial charge in [-0.3, -0.25) is 4.79 Å². The topological polar surface area (TPSA) is 75.7 Å². The number of halogens is 2. The van der Waals surface area contributed by atoms with E-state index in [1.807, 2.05) is 6.92 Å². The van der Waals surface area contributed by atoms with Gasteiger partial charge in [0.25, 0.3) is 0 Å². The van der Waals surface area contributed by atoms with Crippen LogP contribution in [-0.4, -0.2) is 38.8 Å². The number of nitrogens with zero attached hydrogens (tertiary/aromatic N) is 1. The number of amides is 1. The molecule has 2 aromatic rings. The van der Waals surface area contributed by atoms with Crippen molar-refractivity contribution < 1.29 is 17.9 Å². The van der Waals surface area contributed by atoms with E-state index in [0.29, 0.717) is 29.3 Å². The second-order valence-corrected chi connectivity index (χ2v) is 9.61. The molecule has 2 aromatic carbocycles. The van der Waals surface area contributed by atoms with E-state index < -0.39 is 10.0 Å². The highest BCUT2D eigenvalue weighted by atomic mass is 35.5. The molecule has 6 nitrogen and oxygen atoms in total. The smallest absolute Gasteiger partial charge is 0.246 e. The number of benzene rings is 2. The Labute approximate surface area is 180 Å². The van der Waals surface area contributed by atoms with Crippen molar-refractivity contribution >= 4 is 44.8 Å². The number of piperidine rings is 1. The first-order valence-corrected chi connectivity index (χ1v) is 11.3. The first kappa shape index (κ1) is 21.9. The Balaban J connectivity index is 1.69. The lowest BCUT2D eigenvalue weighted by atomic mass is 9.97. The number of hydrogen-bond acceptors (Lipinski definition) is 4. The SMILES string of the molecule is COc1ccc(C)cc1S(=O)(=O)N1CCC(C(=O)Nc2cccc(Cl)c2Cl)CC1. The lowest BCUT2D eigenvalue weighted by Gasteiger charge is -2.31. The highest BCUT2D eigenvalue weighted by molar-refractivity contribution is 7.89. The van der Waals surface area contributed by atoms with E-state index in [1.165, 1.54) is 11.4 Å². The third-order valence-electron chi connectivity index (χ3n) is 4.97. The first-order valence-electron chi connectivity index (χ1n) is 9.13. The van der Waals surface area contributed by atoms with Crippen molar-refractivity contribution in [2.24, 2.45) is 5.92 Å². The van der Waals surface area contributed by atoms with E-state index >= 15 is 0 Å². The van der Waals surface area contributed by atoms with Crippen LogP contribution in [0.1, 0.15) is 18.4 Å². The average molecular weight is 457 g/mol. The van der Waals surface area contributed by atoms with Crippen molar-refractivity contribution in [2.45, 2.75) is 24.7 Å². The average Bonchev–Trinajstić information content (AvgIpc) is 2.71. The van der Waals surface area contributed by atoms with Crippen LogP contribution in [0.4, 0.5) is 5.69 Å². The molecular formula is C20H22Cl2N2O4S. The van der Waals surface area contributed by atoms with E-state index in [1.54, 1.807) is 36.4 Å². The summed E-state index contributed by atoms with van der Waals surface area (Å²) in [4.78, 5) is 12.7. The molecule has 1 heterocycles. The minimum Gasteiger partial charge on any atom is -0.495 e. The van der Waals surface area contributed by atoms with Crippen molar-refractivity contribution in [3.05, 3.63) is 52.0 Å². The highest BCUT2D eigenvalue weighted by Crippen LogP contribution is 2.32. The molecule has 1 amide bonds. The second kappa shape index (κ2) is 8.92. The molecule has 0 aromatic heterocycles. The second-order valence-electron chi connectivity index (χ2n) is 6.92. The number of nitrogens with one attached hydrogen (secondary N) is 1. The van der Waals surface area contributed by atoms with Gasteiger partial charge in [-0.2, -0.15) is 4.31 Å². The van der Waals surface area contributed by atoms with Crippen LogP contribution in [0.3, 0.4) is 0 Å². The van der Waals surface area contributed by atoms with E-state index in [-0.39, 0.29) is 34.8 Å². The fourth-order valence-corrected chi connectivity index (χ4v) is 5.38. The molecule has 0 bridgehead atoms. The number of methoxy groups -OCH3 is 1. The summed E-state index contributed by atoms with van der Waals surface area (Å²) < 4.78 is 32.8. The zero-order valence-corrected chi connectivity index (χ0v) is 18.4. The van der Waals surface area contributed by atoms with Crippen molar-refractivity contribution in [3.8, 4) is 5.75 Å². The van der Waals surface area contributed by atoms with E-state index in [4.69, 9.17) is 27.9 Å². The van der Waals surface area contributed by atoms with Crippen LogP contribution in [0.2, 0.25) is 10.0 Å². The predicted octanol–water partition coefficient (Wildman–Crippen LogP) is 4.35. The molecule has 0 saturated carbocycles. The summed E-state index contributed by atoms with van der Waals surface area (Å²) in [5.41, 5.74) is 1.28. The molecule has 1 N–H and O–H groups in total. The number of aryl methyl sites for hydroxylation is 1. The number of hydrogen-bond donors (Lipinski definition) is 1. The zero-order valence-electron chi connectivity index (χ0n) is 16.1. The van der Waals surface area contributed by atoms with E-state index in [9.17, 15) is 13.2 Å². The van der Waals surface area contributed by atoms with Crippen LogP contribution in [0, 0.1) is 12.8 Å². The normalized spacial score (nSPS) is 15.9. The van der Waals surface area contributed by atoms with Gasteiger partial charge >= 0.3 is 0 Å². The van der Waals surface area contributed by atoms with Gasteiger partial charge in [-0.1, -0.05) is 35.3 Å². The summed E-state index contributed by atoms with van der Waals surface area (Å²) in [6, 6.07) is 10.1. The third kappa shape index (κ3) is 4.69. The Morgan fingerprint density at radius 2 is 1.86 bits per heavy atom. The third-order valence-corrected chi connectivity index (χ3v) is 7.71. The quantitative estimate of drug-likeness (QED) is 0.725. The molecule has 1 fully saturated rings. The van der Waals surface area contributed by atoms with Gasteiger partial charge in [-0.25, -0.2) is 8.42 Å². The Morgan fingerprint density at radius 3 is 2.52 bits per heavy atom. The maximum Gasteiger partial charge on any atom is 0.246 e. The standard InChI is InChI=1S/C20H22Cl2N2O4S/c1-13-6-7-17(28-2)18(12-13)29(26,27)24-10-8-14(9-11-24)20(25)23-16-5-3-4-15(21)19(16)22/h3-7,12,14H,8-11H2,1-2H3,(H,23,25). The number of ether oxygens (including phenoxy) is 1. The van der Waals surface area contributed by atoms with Gasteiger partial charge < -0.3 is 10.1 Å². The van der Waals surface area contributed by atoms with Crippen molar-refractivity contribution in [1.29, 1.82) is 0 Å². The van der Waals surface area contributed by atoms with Crippen molar-refractivity contribution in [2.75, 3.05) is 25.5 Å². The molecule has 1 aliphatic rings. The number of rotatable bonds is 5. The minimum atomic E-state index is -3.71. The van der Waals surface area contributed by atoms with E-state index in [2.05, 4.69) is 5.32 Å². The molecule has 1 saturated heterocycles. The summed E-state index contributed by atoms with van der Waals surface area (Å²) in [7, 11) is -2.26. The summed E-state index contributed by atoms with van der Waals surface area (Å²) in [5, 5.41) is 3.43. The summed E-state index contributed by atoms with van der Waals surface area (Å²) in [5.74, 6) is -0.193. The number of carbonyl (C=O) groups excluding carboxylic acids is 1. The highest BCUT2D eigenvalue weighted by Gasteiger charge is 2.34. The Morgan fingerprint density at radius 1 is 1.17 bits per heavy atom. The van der Waals surface area contributed by atoms with Crippen LogP contribution in [0.25, 0.3) is 0 Å². The van der Waals surface area contributed by atoms with Crippen LogP contribution < -0.4 is 10.1 Å². The number of carbonyl (C=O) groups is 1. The molecule has 0 unspecified atom stereocenters. The van der Waals surface area contributed by atoms with Gasteiger partial charge in [-0.05, 0) is 49.6 Å². The van der Waals surface area contributed by atoms with Crippen LogP contribution in [-0.2, 0) is 14.8 Å². The summed E-state index contributed by atoms with van der Waals surface area (Å²) >= 11 is 12.1. The van der Waals surface area contributed by atoms with Crippen molar-refractivity contribution in [1.82, 2.24) is 4.31 Å². The zero-order chi connectivity index (χ0) is 21.2. The van der Waals surface area contributed by atoms with Gasteiger partial charge in [0.05, 0.1) is 22.8 Å². The van der Waals surface area contributed by atoms with Gasteiger partial charge in [0.1, 0.15) is 10.6 Å². The van der Waals surface area contributed by atoms with Gasteiger partial charge in [0.15, 0.2) is 0 Å². The molecule has 0 spiro atoms. The van der Waals surface area contributed by atoms with Gasteiger partial charge in [0.2, 0.25) is 15.9 Å². The lowest BCUT2D eigenvalue weighted by molar-refractivity contribution is -0.120. The van der Waals surface area contributed by atoms with Crippen molar-refractivity contribution in [3.63, 3.8) is 0 Å². The Hall–Kier alpha value is -1.80. The molecule has 9 heteroatoms. The fraction of sp³-hybridized carbons (Fsp3) is 0.350. The molecule has 0 aliphatic carbocycles. The molecule has 3 rings (SSSR count). The largest absolute Gasteiger partial charge is 0.495 e. The molecule has 0 radical (unpaired) electrons. The Bertz CT molecular complexity index is 1020. The fourth-order valence-electron chi connectivity index (χ4n) is 3.32. The monoisotopic (exact) mass is 456 g/mol. The number of sulfonamides is 1. The molecule has 0 atom stereocenters. The summed E-state index contributed by atoms with van der Waals surface area (Å²) in [6.07, 6.45) is 0.828. The summed E-state index contributed by atoms with van der Waals surface area (Å²) in [6.45, 7) is 2.33. The first-order chi connectivity index (χ1) is 13.7. The molecular weight excluding hydrogens is 435 g/mol. The minimum absolute atomic E-state index is 0.147. The van der Waals surface area contributed by atoms with Gasteiger partial charge in [-0.15, -0.1) is 0 Å². The molecule has 1 aliphatic heterocycles. The predicted molar refractivity (Wildman–Crippen MR) is 114 cm³/mol. The maximum atomic E-state index is 13.1. The Kier molecular flexibility index (Phi) is 6.73. The number of anilines is 1. The van der Waals surface area contributed by atoms with Gasteiger partial charge in [0, 0.05) is 19.0 Å². The maximum absolute atomic E-state index is 13.1.